The van der Waals surface area contributed by atoms with Crippen LogP contribution in [-0.4, -0.2) is 15.7 Å². The molecule has 0 unspecified atom stereocenters. The molecule has 8 heteroatoms. The number of halogens is 3. The molecule has 5 nitrogen and oxygen atoms in total. The Morgan fingerprint density at radius 3 is 2.54 bits per heavy atom. The minimum Gasteiger partial charge on any atom is -0.466 e. The molecule has 0 aliphatic carbocycles. The van der Waals surface area contributed by atoms with Crippen LogP contribution in [0.3, 0.4) is 0 Å². The molecule has 1 amide bonds. The first-order valence-corrected chi connectivity index (χ1v) is 8.68. The number of rotatable bonds is 4. The van der Waals surface area contributed by atoms with E-state index >= 15 is 0 Å². The van der Waals surface area contributed by atoms with Crippen molar-refractivity contribution >= 4 is 5.91 Å². The normalized spacial score (nSPS) is 12.8. The molecule has 1 aromatic carbocycles. The second-order valence-corrected chi connectivity index (χ2v) is 6.67. The van der Waals surface area contributed by atoms with E-state index in [1.165, 1.54) is 10.7 Å². The Labute approximate surface area is 160 Å². The summed E-state index contributed by atoms with van der Waals surface area (Å²) in [6, 6.07) is 6.23. The van der Waals surface area contributed by atoms with Crippen LogP contribution in [0.4, 0.5) is 13.2 Å². The van der Waals surface area contributed by atoms with E-state index in [0.29, 0.717) is 34.0 Å². The average molecular weight is 391 g/mol. The van der Waals surface area contributed by atoms with Crippen molar-refractivity contribution in [1.82, 2.24) is 15.1 Å². The van der Waals surface area contributed by atoms with Crippen molar-refractivity contribution < 1.29 is 22.4 Å². The number of alkyl halides is 3. The number of carbonyl (C=O) groups excluding carboxylic acids is 1. The van der Waals surface area contributed by atoms with Crippen LogP contribution in [0, 0.1) is 20.8 Å². The second-order valence-electron chi connectivity index (χ2n) is 6.67. The summed E-state index contributed by atoms with van der Waals surface area (Å²) in [5.41, 5.74) is 1.37. The lowest BCUT2D eigenvalue weighted by Gasteiger charge is -2.14. The topological polar surface area (TPSA) is 60.1 Å². The number of benzene rings is 1. The van der Waals surface area contributed by atoms with Crippen LogP contribution in [0.15, 0.2) is 40.9 Å². The fraction of sp³-hybridized carbons (Fsp3) is 0.300. The Morgan fingerprint density at radius 2 is 1.93 bits per heavy atom. The summed E-state index contributed by atoms with van der Waals surface area (Å²) in [6.45, 7) is 7.01. The van der Waals surface area contributed by atoms with E-state index in [9.17, 15) is 18.0 Å². The van der Waals surface area contributed by atoms with Gasteiger partial charge in [0.2, 0.25) is 0 Å². The summed E-state index contributed by atoms with van der Waals surface area (Å²) in [4.78, 5) is 12.5. The molecule has 0 bridgehead atoms. The van der Waals surface area contributed by atoms with Crippen molar-refractivity contribution in [3.8, 4) is 5.69 Å². The number of aromatic nitrogens is 2. The Balaban J connectivity index is 1.85. The van der Waals surface area contributed by atoms with Crippen molar-refractivity contribution in [2.75, 3.05) is 0 Å². The highest BCUT2D eigenvalue weighted by Gasteiger charge is 2.30. The lowest BCUT2D eigenvalue weighted by Crippen LogP contribution is -2.27. The van der Waals surface area contributed by atoms with Crippen LogP contribution < -0.4 is 5.32 Å². The van der Waals surface area contributed by atoms with Gasteiger partial charge in [-0.15, -0.1) is 0 Å². The van der Waals surface area contributed by atoms with Gasteiger partial charge in [0.1, 0.15) is 11.5 Å². The summed E-state index contributed by atoms with van der Waals surface area (Å²) < 4.78 is 45.7. The van der Waals surface area contributed by atoms with Gasteiger partial charge < -0.3 is 9.73 Å². The van der Waals surface area contributed by atoms with E-state index in [1.54, 1.807) is 46.0 Å². The van der Waals surface area contributed by atoms with Gasteiger partial charge in [0.05, 0.1) is 29.1 Å². The van der Waals surface area contributed by atoms with Gasteiger partial charge in [0, 0.05) is 11.3 Å². The van der Waals surface area contributed by atoms with Crippen molar-refractivity contribution in [2.45, 2.75) is 39.9 Å². The van der Waals surface area contributed by atoms with E-state index in [4.69, 9.17) is 4.42 Å². The summed E-state index contributed by atoms with van der Waals surface area (Å²) in [6.07, 6.45) is -2.88. The number of furan rings is 1. The van der Waals surface area contributed by atoms with Crippen LogP contribution in [0.25, 0.3) is 5.69 Å². The van der Waals surface area contributed by atoms with E-state index < -0.39 is 11.7 Å². The molecule has 0 fully saturated rings. The van der Waals surface area contributed by atoms with E-state index in [1.807, 2.05) is 0 Å². The second kappa shape index (κ2) is 7.18. The van der Waals surface area contributed by atoms with Crippen molar-refractivity contribution in [3.05, 3.63) is 70.4 Å². The molecule has 0 spiro atoms. The first-order valence-electron chi connectivity index (χ1n) is 8.68. The number of amides is 1. The van der Waals surface area contributed by atoms with E-state index in [-0.39, 0.29) is 11.9 Å². The van der Waals surface area contributed by atoms with Gasteiger partial charge in [-0.3, -0.25) is 4.79 Å². The zero-order chi connectivity index (χ0) is 20.6. The molecule has 1 atom stereocenters. The molecule has 3 aromatic rings. The summed E-state index contributed by atoms with van der Waals surface area (Å²) in [5.74, 6) is 0.885. The lowest BCUT2D eigenvalue weighted by atomic mass is 10.1. The third kappa shape index (κ3) is 3.81. The minimum absolute atomic E-state index is 0.284. The summed E-state index contributed by atoms with van der Waals surface area (Å²) >= 11 is 0. The number of hydrogen-bond donors (Lipinski definition) is 1. The van der Waals surface area contributed by atoms with E-state index in [0.717, 1.165) is 12.1 Å². The maximum atomic E-state index is 13.0. The summed E-state index contributed by atoms with van der Waals surface area (Å²) in [7, 11) is 0. The number of carbonyl (C=O) groups is 1. The molecule has 1 N–H and O–H groups in total. The van der Waals surface area contributed by atoms with Crippen LogP contribution in [0.1, 0.15) is 51.7 Å². The zero-order valence-electron chi connectivity index (χ0n) is 15.9. The maximum Gasteiger partial charge on any atom is 0.416 e. The van der Waals surface area contributed by atoms with Gasteiger partial charge in [0.25, 0.3) is 5.91 Å². The smallest absolute Gasteiger partial charge is 0.416 e. The SMILES string of the molecule is Cc1cc(C(=O)N[C@@H](C)c2cnn(-c3cccc(C(F)(F)F)c3)c2C)c(C)o1. The molecule has 2 aromatic heterocycles. The van der Waals surface area contributed by atoms with E-state index in [2.05, 4.69) is 10.4 Å². The number of aryl methyl sites for hydroxylation is 2. The molecule has 2 heterocycles. The Morgan fingerprint density at radius 1 is 1.21 bits per heavy atom. The van der Waals surface area contributed by atoms with Gasteiger partial charge in [-0.25, -0.2) is 4.68 Å². The predicted octanol–water partition coefficient (Wildman–Crippen LogP) is 4.90. The largest absolute Gasteiger partial charge is 0.466 e. The molecule has 0 saturated heterocycles. The fourth-order valence-electron chi connectivity index (χ4n) is 3.13. The summed E-state index contributed by atoms with van der Waals surface area (Å²) in [5, 5.41) is 7.09. The van der Waals surface area contributed by atoms with Gasteiger partial charge in [-0.05, 0) is 52.0 Å². The molecule has 3 rings (SSSR count). The maximum absolute atomic E-state index is 13.0. The fourth-order valence-corrected chi connectivity index (χ4v) is 3.13. The lowest BCUT2D eigenvalue weighted by molar-refractivity contribution is -0.137. The van der Waals surface area contributed by atoms with Gasteiger partial charge >= 0.3 is 6.18 Å². The van der Waals surface area contributed by atoms with Crippen LogP contribution in [-0.2, 0) is 6.18 Å². The van der Waals surface area contributed by atoms with Crippen molar-refractivity contribution in [3.63, 3.8) is 0 Å². The molecule has 28 heavy (non-hydrogen) atoms. The Hall–Kier alpha value is -3.03. The Bertz CT molecular complexity index is 1020. The molecule has 0 aliphatic heterocycles. The molecular weight excluding hydrogens is 371 g/mol. The molecule has 148 valence electrons. The number of nitrogens with one attached hydrogen (secondary N) is 1. The van der Waals surface area contributed by atoms with Crippen molar-refractivity contribution in [1.29, 1.82) is 0 Å². The highest BCUT2D eigenvalue weighted by atomic mass is 19.4. The average Bonchev–Trinajstić information content (AvgIpc) is 3.16. The quantitative estimate of drug-likeness (QED) is 0.688. The predicted molar refractivity (Wildman–Crippen MR) is 97.4 cm³/mol. The van der Waals surface area contributed by atoms with Gasteiger partial charge in [-0.1, -0.05) is 6.07 Å². The number of nitrogens with zero attached hydrogens (tertiary/aromatic N) is 2. The molecule has 0 radical (unpaired) electrons. The zero-order valence-corrected chi connectivity index (χ0v) is 15.9. The third-order valence-electron chi connectivity index (χ3n) is 4.57. The van der Waals surface area contributed by atoms with Gasteiger partial charge in [-0.2, -0.15) is 18.3 Å². The highest BCUT2D eigenvalue weighted by molar-refractivity contribution is 5.95. The van der Waals surface area contributed by atoms with Crippen molar-refractivity contribution in [2.24, 2.45) is 0 Å². The minimum atomic E-state index is -4.43. The molecular formula is C20H20F3N3O2. The Kier molecular flexibility index (Phi) is 5.06. The number of hydrogen-bond acceptors (Lipinski definition) is 3. The van der Waals surface area contributed by atoms with Crippen LogP contribution in [0.2, 0.25) is 0 Å². The van der Waals surface area contributed by atoms with Crippen LogP contribution >= 0.6 is 0 Å². The van der Waals surface area contributed by atoms with Crippen LogP contribution in [0.5, 0.6) is 0 Å². The first-order chi connectivity index (χ1) is 13.1. The highest BCUT2D eigenvalue weighted by Crippen LogP contribution is 2.31. The van der Waals surface area contributed by atoms with Gasteiger partial charge in [0.15, 0.2) is 0 Å². The first kappa shape index (κ1) is 19.7. The molecule has 0 aliphatic rings. The monoisotopic (exact) mass is 391 g/mol. The standard InChI is InChI=1S/C20H20F3N3O2/c1-11-8-17(14(4)28-11)19(27)25-12(2)18-10-24-26(13(18)3)16-7-5-6-15(9-16)20(21,22)23/h5-10,12H,1-4H3,(H,25,27)/t12-/m0/s1. The molecule has 0 saturated carbocycles. The third-order valence-corrected chi connectivity index (χ3v) is 4.57.